The molecule has 29 heavy (non-hydrogen) atoms. The Labute approximate surface area is 175 Å². The van der Waals surface area contributed by atoms with Crippen LogP contribution < -0.4 is 10.6 Å². The quantitative estimate of drug-likeness (QED) is 0.723. The van der Waals surface area contributed by atoms with E-state index in [9.17, 15) is 17.6 Å². The maximum absolute atomic E-state index is 14.5. The molecule has 1 aliphatic rings. The summed E-state index contributed by atoms with van der Waals surface area (Å²) in [6.45, 7) is 4.42. The Morgan fingerprint density at radius 1 is 1.21 bits per heavy atom. The fourth-order valence-corrected chi connectivity index (χ4v) is 5.51. The first-order valence-electron chi connectivity index (χ1n) is 9.47. The lowest BCUT2D eigenvalue weighted by atomic mass is 10.0. The topological polar surface area (TPSA) is 75.3 Å². The number of nitrogens with one attached hydrogen (secondary N) is 2. The molecule has 0 bridgehead atoms. The molecule has 1 fully saturated rings. The molecule has 1 amide bonds. The van der Waals surface area contributed by atoms with E-state index in [4.69, 9.17) is 11.6 Å². The fourth-order valence-electron chi connectivity index (χ4n) is 3.49. The van der Waals surface area contributed by atoms with Gasteiger partial charge in [0.05, 0.1) is 22.2 Å². The van der Waals surface area contributed by atoms with Crippen molar-refractivity contribution in [1.29, 1.82) is 0 Å². The Morgan fingerprint density at radius 3 is 2.48 bits per heavy atom. The molecule has 8 heteroatoms. The van der Waals surface area contributed by atoms with Gasteiger partial charge in [0, 0.05) is 17.1 Å². The van der Waals surface area contributed by atoms with Crippen molar-refractivity contribution in [2.45, 2.75) is 42.5 Å². The minimum atomic E-state index is -3.84. The molecule has 2 N–H and O–H groups in total. The van der Waals surface area contributed by atoms with E-state index in [1.54, 1.807) is 18.2 Å². The molecule has 0 spiro atoms. The standard InChI is InChI=1S/C21H24ClFN2O3S/c1-13(2)12-24-21(26)18-11-19(20(25-18)16-5-3-4-6-17(16)23)29(27,28)15-9-7-14(22)8-10-15/h3-10,13,18-20,25H,11-12H2,1-2H3,(H,24,26). The van der Waals surface area contributed by atoms with Crippen molar-refractivity contribution in [1.82, 2.24) is 10.6 Å². The van der Waals surface area contributed by atoms with E-state index >= 15 is 0 Å². The van der Waals surface area contributed by atoms with Crippen LogP contribution in [0, 0.1) is 11.7 Å². The first kappa shape index (κ1) is 21.7. The Kier molecular flexibility index (Phi) is 6.61. The minimum Gasteiger partial charge on any atom is -0.354 e. The van der Waals surface area contributed by atoms with Crippen LogP contribution in [0.15, 0.2) is 53.4 Å². The van der Waals surface area contributed by atoms with Crippen molar-refractivity contribution in [3.63, 3.8) is 0 Å². The highest BCUT2D eigenvalue weighted by atomic mass is 35.5. The average molecular weight is 439 g/mol. The minimum absolute atomic E-state index is 0.0495. The molecule has 0 aliphatic carbocycles. The highest BCUT2D eigenvalue weighted by Crippen LogP contribution is 2.36. The van der Waals surface area contributed by atoms with E-state index in [0.29, 0.717) is 11.6 Å². The van der Waals surface area contributed by atoms with E-state index in [-0.39, 0.29) is 28.7 Å². The van der Waals surface area contributed by atoms with Crippen LogP contribution >= 0.6 is 11.6 Å². The van der Waals surface area contributed by atoms with Gasteiger partial charge in [-0.15, -0.1) is 0 Å². The number of carbonyl (C=O) groups is 1. The van der Waals surface area contributed by atoms with E-state index in [1.807, 2.05) is 13.8 Å². The van der Waals surface area contributed by atoms with Gasteiger partial charge >= 0.3 is 0 Å². The molecule has 2 aromatic rings. The third kappa shape index (κ3) is 4.79. The molecule has 1 aliphatic heterocycles. The lowest BCUT2D eigenvalue weighted by Crippen LogP contribution is -2.42. The van der Waals surface area contributed by atoms with Crippen LogP contribution in [0.5, 0.6) is 0 Å². The summed E-state index contributed by atoms with van der Waals surface area (Å²) < 4.78 is 41.2. The van der Waals surface area contributed by atoms with Gasteiger partial charge in [0.1, 0.15) is 5.82 Å². The molecule has 0 aromatic heterocycles. The van der Waals surface area contributed by atoms with Gasteiger partial charge in [0.2, 0.25) is 5.91 Å². The third-order valence-electron chi connectivity index (χ3n) is 5.00. The van der Waals surface area contributed by atoms with Crippen molar-refractivity contribution in [2.75, 3.05) is 6.54 Å². The summed E-state index contributed by atoms with van der Waals surface area (Å²) in [6, 6.07) is 10.3. The lowest BCUT2D eigenvalue weighted by molar-refractivity contribution is -0.123. The molecule has 3 rings (SSSR count). The van der Waals surface area contributed by atoms with Crippen molar-refractivity contribution in [2.24, 2.45) is 5.92 Å². The summed E-state index contributed by atoms with van der Waals surface area (Å²) in [5.74, 6) is -0.533. The Hall–Kier alpha value is -1.96. The van der Waals surface area contributed by atoms with Gasteiger partial charge in [-0.2, -0.15) is 0 Å². The second kappa shape index (κ2) is 8.81. The summed E-state index contributed by atoms with van der Waals surface area (Å²) in [5, 5.41) is 5.31. The summed E-state index contributed by atoms with van der Waals surface area (Å²) in [4.78, 5) is 12.7. The van der Waals surface area contributed by atoms with Crippen LogP contribution in [-0.4, -0.2) is 32.2 Å². The van der Waals surface area contributed by atoms with E-state index < -0.39 is 33.0 Å². The molecule has 156 valence electrons. The normalized spacial score (nSPS) is 22.0. The van der Waals surface area contributed by atoms with E-state index in [1.165, 1.54) is 30.3 Å². The van der Waals surface area contributed by atoms with Gasteiger partial charge in [-0.05, 0) is 42.7 Å². The van der Waals surface area contributed by atoms with Crippen molar-refractivity contribution >= 4 is 27.3 Å². The number of halogens is 2. The first-order chi connectivity index (χ1) is 13.7. The predicted octanol–water partition coefficient (Wildman–Crippen LogP) is 3.50. The molecule has 3 atom stereocenters. The van der Waals surface area contributed by atoms with Crippen molar-refractivity contribution in [3.8, 4) is 0 Å². The molecular weight excluding hydrogens is 415 g/mol. The molecule has 1 saturated heterocycles. The smallest absolute Gasteiger partial charge is 0.237 e. The van der Waals surface area contributed by atoms with Crippen LogP contribution in [0.1, 0.15) is 31.9 Å². The van der Waals surface area contributed by atoms with Gasteiger partial charge in [-0.25, -0.2) is 12.8 Å². The van der Waals surface area contributed by atoms with Gasteiger partial charge in [0.15, 0.2) is 9.84 Å². The third-order valence-corrected chi connectivity index (χ3v) is 7.45. The van der Waals surface area contributed by atoms with Gasteiger partial charge < -0.3 is 5.32 Å². The summed E-state index contributed by atoms with van der Waals surface area (Å²) in [5.41, 5.74) is 0.231. The Balaban J connectivity index is 1.96. The Bertz CT molecular complexity index is 980. The number of amides is 1. The number of benzene rings is 2. The summed E-state index contributed by atoms with van der Waals surface area (Å²) in [6.07, 6.45) is 0.0495. The van der Waals surface area contributed by atoms with Crippen LogP contribution in [0.3, 0.4) is 0 Å². The summed E-state index contributed by atoms with van der Waals surface area (Å²) in [7, 11) is -3.84. The lowest BCUT2D eigenvalue weighted by Gasteiger charge is -2.21. The van der Waals surface area contributed by atoms with Gasteiger partial charge in [-0.1, -0.05) is 43.6 Å². The largest absolute Gasteiger partial charge is 0.354 e. The van der Waals surface area contributed by atoms with Crippen molar-refractivity contribution < 1.29 is 17.6 Å². The number of sulfone groups is 1. The second-order valence-corrected chi connectivity index (χ2v) is 10.2. The highest BCUT2D eigenvalue weighted by Gasteiger charge is 2.46. The summed E-state index contributed by atoms with van der Waals surface area (Å²) >= 11 is 5.88. The molecule has 3 unspecified atom stereocenters. The monoisotopic (exact) mass is 438 g/mol. The second-order valence-electron chi connectivity index (χ2n) is 7.63. The van der Waals surface area contributed by atoms with E-state index in [0.717, 1.165) is 0 Å². The number of rotatable bonds is 6. The van der Waals surface area contributed by atoms with Gasteiger partial charge in [0.25, 0.3) is 0 Å². The number of hydrogen-bond acceptors (Lipinski definition) is 4. The van der Waals surface area contributed by atoms with Gasteiger partial charge in [-0.3, -0.25) is 10.1 Å². The maximum Gasteiger partial charge on any atom is 0.237 e. The Morgan fingerprint density at radius 2 is 1.86 bits per heavy atom. The SMILES string of the molecule is CC(C)CNC(=O)C1CC(S(=O)(=O)c2ccc(Cl)cc2)C(c2ccccc2F)N1. The maximum atomic E-state index is 14.5. The average Bonchev–Trinajstić information content (AvgIpc) is 3.13. The molecular formula is C21H24ClFN2O3S. The molecule has 1 heterocycles. The molecule has 5 nitrogen and oxygen atoms in total. The van der Waals surface area contributed by atoms with E-state index in [2.05, 4.69) is 10.6 Å². The molecule has 2 aromatic carbocycles. The molecule has 0 saturated carbocycles. The number of carbonyl (C=O) groups excluding carboxylic acids is 1. The molecule has 0 radical (unpaired) electrons. The zero-order chi connectivity index (χ0) is 21.2. The highest BCUT2D eigenvalue weighted by molar-refractivity contribution is 7.92. The van der Waals surface area contributed by atoms with Crippen LogP contribution in [0.25, 0.3) is 0 Å². The van der Waals surface area contributed by atoms with Crippen LogP contribution in [0.2, 0.25) is 5.02 Å². The number of hydrogen-bond donors (Lipinski definition) is 2. The van der Waals surface area contributed by atoms with Crippen LogP contribution in [-0.2, 0) is 14.6 Å². The van der Waals surface area contributed by atoms with Crippen molar-refractivity contribution in [3.05, 3.63) is 64.9 Å². The fraction of sp³-hybridized carbons (Fsp3) is 0.381. The van der Waals surface area contributed by atoms with Crippen LogP contribution in [0.4, 0.5) is 4.39 Å². The predicted molar refractivity (Wildman–Crippen MR) is 111 cm³/mol. The zero-order valence-electron chi connectivity index (χ0n) is 16.2. The zero-order valence-corrected chi connectivity index (χ0v) is 17.8. The first-order valence-corrected chi connectivity index (χ1v) is 11.4.